The largest absolute Gasteiger partial charge is 0.339 e. The second kappa shape index (κ2) is 4.10. The summed E-state index contributed by atoms with van der Waals surface area (Å²) in [7, 11) is 0. The topological polar surface area (TPSA) is 88.5 Å². The van der Waals surface area contributed by atoms with Gasteiger partial charge in [0.15, 0.2) is 0 Å². The highest BCUT2D eigenvalue weighted by Gasteiger charge is 2.43. The third-order valence-electron chi connectivity index (χ3n) is 3.44. The molecule has 96 valence electrons. The first-order valence-electron chi connectivity index (χ1n) is 6.29. The van der Waals surface area contributed by atoms with E-state index in [2.05, 4.69) is 26.2 Å². The van der Waals surface area contributed by atoms with Crippen molar-refractivity contribution in [3.8, 4) is 17.5 Å². The van der Waals surface area contributed by atoms with Crippen molar-refractivity contribution in [1.82, 2.24) is 20.1 Å². The molecule has 0 spiro atoms. The van der Waals surface area contributed by atoms with E-state index >= 15 is 0 Å². The van der Waals surface area contributed by atoms with Crippen molar-refractivity contribution in [1.29, 1.82) is 5.26 Å². The van der Waals surface area contributed by atoms with Gasteiger partial charge in [-0.15, -0.1) is 0 Å². The van der Waals surface area contributed by atoms with Gasteiger partial charge in [-0.1, -0.05) is 5.16 Å². The molecule has 6 heteroatoms. The number of fused-ring (bicyclic) bond motifs is 1. The van der Waals surface area contributed by atoms with Gasteiger partial charge >= 0.3 is 0 Å². The van der Waals surface area contributed by atoms with Crippen LogP contribution in [0.2, 0.25) is 0 Å². The van der Waals surface area contributed by atoms with Crippen molar-refractivity contribution in [3.63, 3.8) is 0 Å². The van der Waals surface area contributed by atoms with Crippen molar-refractivity contribution < 1.29 is 4.52 Å². The SMILES string of the molecule is N#CC1CC1c1nc(-c2ccc3nccnc3c2)no1. The maximum atomic E-state index is 8.82. The van der Waals surface area contributed by atoms with Crippen LogP contribution in [-0.4, -0.2) is 20.1 Å². The maximum Gasteiger partial charge on any atom is 0.231 e. The molecule has 2 unspecified atom stereocenters. The molecule has 0 bridgehead atoms. The minimum Gasteiger partial charge on any atom is -0.339 e. The molecule has 1 saturated carbocycles. The molecule has 20 heavy (non-hydrogen) atoms. The van der Waals surface area contributed by atoms with E-state index in [9.17, 15) is 0 Å². The molecule has 0 aliphatic heterocycles. The molecule has 0 N–H and O–H groups in total. The predicted molar refractivity (Wildman–Crippen MR) is 69.3 cm³/mol. The van der Waals surface area contributed by atoms with E-state index in [0.29, 0.717) is 11.7 Å². The Morgan fingerprint density at radius 1 is 1.20 bits per heavy atom. The lowest BCUT2D eigenvalue weighted by Gasteiger charge is -1.97. The first-order chi connectivity index (χ1) is 9.85. The molecule has 0 amide bonds. The fourth-order valence-corrected chi connectivity index (χ4v) is 2.22. The molecule has 2 atom stereocenters. The van der Waals surface area contributed by atoms with Crippen molar-refractivity contribution in [2.45, 2.75) is 12.3 Å². The van der Waals surface area contributed by atoms with E-state index in [1.54, 1.807) is 12.4 Å². The van der Waals surface area contributed by atoms with Crippen molar-refractivity contribution >= 4 is 11.0 Å². The minimum atomic E-state index is 0.0192. The molecule has 4 rings (SSSR count). The van der Waals surface area contributed by atoms with Gasteiger partial charge in [0.25, 0.3) is 0 Å². The Kier molecular flexibility index (Phi) is 2.27. The Morgan fingerprint density at radius 2 is 2.05 bits per heavy atom. The minimum absolute atomic E-state index is 0.0192. The number of nitrogens with zero attached hydrogens (tertiary/aromatic N) is 5. The molecule has 0 radical (unpaired) electrons. The van der Waals surface area contributed by atoms with E-state index in [-0.39, 0.29) is 11.8 Å². The van der Waals surface area contributed by atoms with Crippen LogP contribution in [0.4, 0.5) is 0 Å². The Labute approximate surface area is 114 Å². The third-order valence-corrected chi connectivity index (χ3v) is 3.44. The Balaban J connectivity index is 1.71. The predicted octanol–water partition coefficient (Wildman–Crippen LogP) is 2.31. The van der Waals surface area contributed by atoms with Crippen molar-refractivity contribution in [2.75, 3.05) is 0 Å². The fourth-order valence-electron chi connectivity index (χ4n) is 2.22. The maximum absolute atomic E-state index is 8.82. The fraction of sp³-hybridized carbons (Fsp3) is 0.214. The summed E-state index contributed by atoms with van der Waals surface area (Å²) in [5.74, 6) is 1.19. The molecule has 6 nitrogen and oxygen atoms in total. The molecule has 1 aliphatic rings. The van der Waals surface area contributed by atoms with Crippen LogP contribution in [0.25, 0.3) is 22.4 Å². The Bertz CT molecular complexity index is 835. The molecular formula is C14H9N5O. The smallest absolute Gasteiger partial charge is 0.231 e. The van der Waals surface area contributed by atoms with Gasteiger partial charge in [-0.25, -0.2) is 0 Å². The second-order valence-electron chi connectivity index (χ2n) is 4.79. The lowest BCUT2D eigenvalue weighted by atomic mass is 10.2. The number of rotatable bonds is 2. The molecule has 0 saturated heterocycles. The summed E-state index contributed by atoms with van der Waals surface area (Å²) in [5.41, 5.74) is 2.45. The highest BCUT2D eigenvalue weighted by atomic mass is 16.5. The monoisotopic (exact) mass is 263 g/mol. The van der Waals surface area contributed by atoms with Gasteiger partial charge in [0.05, 0.1) is 28.9 Å². The second-order valence-corrected chi connectivity index (χ2v) is 4.79. The highest BCUT2D eigenvalue weighted by Crippen LogP contribution is 2.46. The quantitative estimate of drug-likeness (QED) is 0.704. The molecule has 2 heterocycles. The average molecular weight is 263 g/mol. The summed E-state index contributed by atoms with van der Waals surface area (Å²) in [6.45, 7) is 0. The van der Waals surface area contributed by atoms with Crippen molar-refractivity contribution in [2.24, 2.45) is 5.92 Å². The number of aromatic nitrogens is 4. The first kappa shape index (κ1) is 11.1. The van der Waals surface area contributed by atoms with Crippen LogP contribution in [0.15, 0.2) is 35.1 Å². The van der Waals surface area contributed by atoms with Gasteiger partial charge in [-0.3, -0.25) is 9.97 Å². The van der Waals surface area contributed by atoms with Crippen LogP contribution in [-0.2, 0) is 0 Å². The standard InChI is InChI=1S/C14H9N5O/c15-7-9-5-10(9)14-18-13(19-20-14)8-1-2-11-12(6-8)17-4-3-16-11/h1-4,6,9-10H,5H2. The third kappa shape index (κ3) is 1.72. The lowest BCUT2D eigenvalue weighted by Crippen LogP contribution is -1.86. The van der Waals surface area contributed by atoms with E-state index in [0.717, 1.165) is 23.0 Å². The van der Waals surface area contributed by atoms with Gasteiger partial charge < -0.3 is 4.52 Å². The molecule has 1 aliphatic carbocycles. The summed E-state index contributed by atoms with van der Waals surface area (Å²) in [5, 5.41) is 12.8. The van der Waals surface area contributed by atoms with Crippen molar-refractivity contribution in [3.05, 3.63) is 36.5 Å². The molecular weight excluding hydrogens is 254 g/mol. The van der Waals surface area contributed by atoms with Crippen LogP contribution in [0.3, 0.4) is 0 Å². The summed E-state index contributed by atoms with van der Waals surface area (Å²) >= 11 is 0. The van der Waals surface area contributed by atoms with Gasteiger partial charge in [0.2, 0.25) is 11.7 Å². The number of hydrogen-bond acceptors (Lipinski definition) is 6. The molecule has 1 aromatic carbocycles. The van der Waals surface area contributed by atoms with E-state index in [1.165, 1.54) is 0 Å². The van der Waals surface area contributed by atoms with Crippen LogP contribution < -0.4 is 0 Å². The van der Waals surface area contributed by atoms with Crippen LogP contribution in [0.5, 0.6) is 0 Å². The molecule has 1 fully saturated rings. The van der Waals surface area contributed by atoms with E-state index in [4.69, 9.17) is 9.78 Å². The zero-order valence-corrected chi connectivity index (χ0v) is 10.4. The average Bonchev–Trinajstić information content (AvgIpc) is 3.14. The normalized spacial score (nSPS) is 20.8. The summed E-state index contributed by atoms with van der Waals surface area (Å²) in [6, 6.07) is 7.86. The number of hydrogen-bond donors (Lipinski definition) is 0. The highest BCUT2D eigenvalue weighted by molar-refractivity contribution is 5.79. The Hall–Kier alpha value is -2.81. The van der Waals surface area contributed by atoms with Crippen LogP contribution in [0, 0.1) is 17.2 Å². The first-order valence-corrected chi connectivity index (χ1v) is 6.29. The lowest BCUT2D eigenvalue weighted by molar-refractivity contribution is 0.378. The van der Waals surface area contributed by atoms with Crippen LogP contribution in [0.1, 0.15) is 18.2 Å². The summed E-state index contributed by atoms with van der Waals surface area (Å²) in [4.78, 5) is 12.8. The van der Waals surface area contributed by atoms with Gasteiger partial charge in [0.1, 0.15) is 0 Å². The number of nitriles is 1. The van der Waals surface area contributed by atoms with Gasteiger partial charge in [-0.2, -0.15) is 10.2 Å². The van der Waals surface area contributed by atoms with E-state index in [1.807, 2.05) is 18.2 Å². The molecule has 2 aromatic heterocycles. The zero-order chi connectivity index (χ0) is 13.5. The summed E-state index contributed by atoms with van der Waals surface area (Å²) in [6.07, 6.45) is 4.11. The Morgan fingerprint density at radius 3 is 2.85 bits per heavy atom. The van der Waals surface area contributed by atoms with Crippen LogP contribution >= 0.6 is 0 Å². The zero-order valence-electron chi connectivity index (χ0n) is 10.4. The number of benzene rings is 1. The van der Waals surface area contributed by atoms with Gasteiger partial charge in [-0.05, 0) is 24.6 Å². The molecule has 3 aromatic rings. The van der Waals surface area contributed by atoms with Gasteiger partial charge in [0, 0.05) is 18.0 Å². The van der Waals surface area contributed by atoms with E-state index < -0.39 is 0 Å². The summed E-state index contributed by atoms with van der Waals surface area (Å²) < 4.78 is 5.24.